The van der Waals surface area contributed by atoms with Crippen LogP contribution < -0.4 is 5.43 Å². The van der Waals surface area contributed by atoms with Crippen LogP contribution in [0.2, 0.25) is 0 Å². The van der Waals surface area contributed by atoms with Gasteiger partial charge < -0.3 is 0 Å². The molecule has 2 nitrogen and oxygen atoms in total. The van der Waals surface area contributed by atoms with Crippen LogP contribution in [0.5, 0.6) is 0 Å². The predicted octanol–water partition coefficient (Wildman–Crippen LogP) is 0.607. The van der Waals surface area contributed by atoms with E-state index < -0.39 is 0 Å². The van der Waals surface area contributed by atoms with Crippen molar-refractivity contribution in [2.24, 2.45) is 0 Å². The summed E-state index contributed by atoms with van der Waals surface area (Å²) in [6, 6.07) is 0. The van der Waals surface area contributed by atoms with Gasteiger partial charge in [0.25, 0.3) is 0 Å². The number of nitrogens with zero attached hydrogens (tertiary/aromatic N) is 1. The minimum atomic E-state index is 1.14. The first-order valence-corrected chi connectivity index (χ1v) is 3.42. The molecule has 1 heterocycles. The average molecular weight is 114 g/mol. The third kappa shape index (κ3) is 1.46. The van der Waals surface area contributed by atoms with Gasteiger partial charge in [0.15, 0.2) is 0 Å². The van der Waals surface area contributed by atoms with Gasteiger partial charge in [-0.2, -0.15) is 0 Å². The van der Waals surface area contributed by atoms with Crippen molar-refractivity contribution in [1.82, 2.24) is 10.4 Å². The summed E-state index contributed by atoms with van der Waals surface area (Å²) in [5.41, 5.74) is 3.30. The van der Waals surface area contributed by atoms with Crippen molar-refractivity contribution in [3.63, 3.8) is 0 Å². The van der Waals surface area contributed by atoms with Crippen LogP contribution in [0.15, 0.2) is 0 Å². The van der Waals surface area contributed by atoms with E-state index in [4.69, 9.17) is 0 Å². The quantitative estimate of drug-likeness (QED) is 0.578. The Labute approximate surface area is 50.8 Å². The van der Waals surface area contributed by atoms with Gasteiger partial charge in [0.05, 0.1) is 0 Å². The minimum Gasteiger partial charge on any atom is -0.255 e. The molecule has 0 amide bonds. The van der Waals surface area contributed by atoms with Gasteiger partial charge in [0, 0.05) is 19.6 Å². The Hall–Kier alpha value is -0.0800. The molecule has 1 aliphatic rings. The van der Waals surface area contributed by atoms with Crippen molar-refractivity contribution < 1.29 is 0 Å². The zero-order valence-corrected chi connectivity index (χ0v) is 5.48. The molecule has 0 aromatic heterocycles. The zero-order valence-electron chi connectivity index (χ0n) is 5.48. The first-order chi connectivity index (χ1) is 3.93. The van der Waals surface area contributed by atoms with Crippen LogP contribution in [0, 0.1) is 0 Å². The standard InChI is InChI=1S/C6H14N2/c1-2-4-7-8-5-3-6-8/h7H,2-6H2,1H3. The van der Waals surface area contributed by atoms with E-state index in [0.29, 0.717) is 0 Å². The first-order valence-electron chi connectivity index (χ1n) is 3.42. The molecule has 0 spiro atoms. The maximum atomic E-state index is 3.30. The fourth-order valence-corrected chi connectivity index (χ4v) is 0.744. The van der Waals surface area contributed by atoms with E-state index in [0.717, 1.165) is 6.54 Å². The summed E-state index contributed by atoms with van der Waals surface area (Å²) >= 11 is 0. The summed E-state index contributed by atoms with van der Waals surface area (Å²) < 4.78 is 0. The molecule has 2 heteroatoms. The zero-order chi connectivity index (χ0) is 5.82. The molecule has 1 rings (SSSR count). The first kappa shape index (κ1) is 6.05. The highest BCUT2D eigenvalue weighted by Gasteiger charge is 2.10. The lowest BCUT2D eigenvalue weighted by Gasteiger charge is -2.30. The molecule has 48 valence electrons. The Morgan fingerprint density at radius 2 is 2.25 bits per heavy atom. The van der Waals surface area contributed by atoms with Crippen molar-refractivity contribution in [2.45, 2.75) is 19.8 Å². The summed E-state index contributed by atoms with van der Waals surface area (Å²) in [6.07, 6.45) is 2.60. The predicted molar refractivity (Wildman–Crippen MR) is 34.5 cm³/mol. The van der Waals surface area contributed by atoms with Crippen molar-refractivity contribution in [2.75, 3.05) is 19.6 Å². The van der Waals surface area contributed by atoms with E-state index in [1.54, 1.807) is 0 Å². The Kier molecular flexibility index (Phi) is 2.30. The third-order valence-corrected chi connectivity index (χ3v) is 1.44. The van der Waals surface area contributed by atoms with Crippen LogP contribution in [-0.2, 0) is 0 Å². The Balaban J connectivity index is 1.86. The lowest BCUT2D eigenvalue weighted by atomic mass is 10.3. The van der Waals surface area contributed by atoms with E-state index in [9.17, 15) is 0 Å². The number of rotatable bonds is 3. The van der Waals surface area contributed by atoms with Gasteiger partial charge >= 0.3 is 0 Å². The molecule has 0 aliphatic carbocycles. The molecule has 0 saturated carbocycles. The second-order valence-electron chi connectivity index (χ2n) is 2.25. The van der Waals surface area contributed by atoms with Gasteiger partial charge in [-0.25, -0.2) is 5.01 Å². The van der Waals surface area contributed by atoms with Crippen molar-refractivity contribution in [3.05, 3.63) is 0 Å². The van der Waals surface area contributed by atoms with Gasteiger partial charge in [0.1, 0.15) is 0 Å². The lowest BCUT2D eigenvalue weighted by Crippen LogP contribution is -2.47. The van der Waals surface area contributed by atoms with Gasteiger partial charge in [-0.3, -0.25) is 5.43 Å². The van der Waals surface area contributed by atoms with Gasteiger partial charge in [0.2, 0.25) is 0 Å². The molecule has 1 N–H and O–H groups in total. The fourth-order valence-electron chi connectivity index (χ4n) is 0.744. The summed E-state index contributed by atoms with van der Waals surface area (Å²) in [4.78, 5) is 0. The van der Waals surface area contributed by atoms with Gasteiger partial charge in [-0.15, -0.1) is 0 Å². The molecule has 1 saturated heterocycles. The molecule has 0 radical (unpaired) electrons. The second kappa shape index (κ2) is 3.05. The van der Waals surface area contributed by atoms with E-state index in [1.807, 2.05) is 0 Å². The van der Waals surface area contributed by atoms with Crippen molar-refractivity contribution in [1.29, 1.82) is 0 Å². The Bertz CT molecular complexity index is 59.5. The summed E-state index contributed by atoms with van der Waals surface area (Å²) in [6.45, 7) is 5.83. The van der Waals surface area contributed by atoms with Crippen molar-refractivity contribution >= 4 is 0 Å². The van der Waals surface area contributed by atoms with Crippen LogP contribution in [0.4, 0.5) is 0 Å². The highest BCUT2D eigenvalue weighted by molar-refractivity contribution is 4.62. The number of hydrogen-bond donors (Lipinski definition) is 1. The maximum absolute atomic E-state index is 3.30. The monoisotopic (exact) mass is 114 g/mol. The maximum Gasteiger partial charge on any atom is 0.0143 e. The normalized spacial score (nSPS) is 20.6. The molecular weight excluding hydrogens is 100 g/mol. The smallest absolute Gasteiger partial charge is 0.0143 e. The fraction of sp³-hybridized carbons (Fsp3) is 1.00. The van der Waals surface area contributed by atoms with E-state index >= 15 is 0 Å². The summed E-state index contributed by atoms with van der Waals surface area (Å²) in [7, 11) is 0. The van der Waals surface area contributed by atoms with Gasteiger partial charge in [-0.1, -0.05) is 6.92 Å². The largest absolute Gasteiger partial charge is 0.255 e. The van der Waals surface area contributed by atoms with E-state index in [-0.39, 0.29) is 0 Å². The molecule has 0 bridgehead atoms. The molecule has 0 unspecified atom stereocenters. The average Bonchev–Trinajstić information content (AvgIpc) is 1.63. The second-order valence-corrected chi connectivity index (χ2v) is 2.25. The van der Waals surface area contributed by atoms with Crippen molar-refractivity contribution in [3.8, 4) is 0 Å². The number of nitrogens with one attached hydrogen (secondary N) is 1. The molecule has 8 heavy (non-hydrogen) atoms. The molecule has 0 atom stereocenters. The number of hydrogen-bond acceptors (Lipinski definition) is 2. The lowest BCUT2D eigenvalue weighted by molar-refractivity contribution is 0.109. The number of hydrazine groups is 1. The summed E-state index contributed by atoms with van der Waals surface area (Å²) in [5, 5.41) is 2.27. The molecule has 0 aromatic carbocycles. The highest BCUT2D eigenvalue weighted by atomic mass is 15.5. The van der Waals surface area contributed by atoms with Crippen LogP contribution in [0.1, 0.15) is 19.8 Å². The van der Waals surface area contributed by atoms with Crippen LogP contribution >= 0.6 is 0 Å². The van der Waals surface area contributed by atoms with Gasteiger partial charge in [-0.05, 0) is 12.8 Å². The minimum absolute atomic E-state index is 1.14. The Morgan fingerprint density at radius 3 is 2.62 bits per heavy atom. The van der Waals surface area contributed by atoms with E-state index in [2.05, 4.69) is 17.4 Å². The van der Waals surface area contributed by atoms with Crippen LogP contribution in [-0.4, -0.2) is 24.6 Å². The summed E-state index contributed by atoms with van der Waals surface area (Å²) in [5.74, 6) is 0. The molecular formula is C6H14N2. The molecule has 1 fully saturated rings. The topological polar surface area (TPSA) is 15.3 Å². The Morgan fingerprint density at radius 1 is 1.50 bits per heavy atom. The van der Waals surface area contributed by atoms with E-state index in [1.165, 1.54) is 25.9 Å². The molecule has 1 aliphatic heterocycles. The molecule has 0 aromatic rings. The highest BCUT2D eigenvalue weighted by Crippen LogP contribution is 1.99. The SMILES string of the molecule is CCCNN1CCC1. The third-order valence-electron chi connectivity index (χ3n) is 1.44. The van der Waals surface area contributed by atoms with Crippen LogP contribution in [0.25, 0.3) is 0 Å². The van der Waals surface area contributed by atoms with Crippen LogP contribution in [0.3, 0.4) is 0 Å².